The molecule has 0 spiro atoms. The van der Waals surface area contributed by atoms with E-state index in [1.54, 1.807) is 0 Å². The summed E-state index contributed by atoms with van der Waals surface area (Å²) in [5.74, 6) is 0.227. The summed E-state index contributed by atoms with van der Waals surface area (Å²) in [7, 11) is 4.19. The van der Waals surface area contributed by atoms with E-state index in [0.29, 0.717) is 6.42 Å². The number of nitrogens with zero attached hydrogens (tertiary/aromatic N) is 1. The van der Waals surface area contributed by atoms with Crippen molar-refractivity contribution in [1.82, 2.24) is 4.90 Å². The summed E-state index contributed by atoms with van der Waals surface area (Å²) < 4.78 is 0. The minimum atomic E-state index is 0.169. The highest BCUT2D eigenvalue weighted by Crippen LogP contribution is 2.22. The van der Waals surface area contributed by atoms with Crippen molar-refractivity contribution < 1.29 is 4.79 Å². The first kappa shape index (κ1) is 20.4. The highest BCUT2D eigenvalue weighted by molar-refractivity contribution is 5.96. The second-order valence-electron chi connectivity index (χ2n) is 8.47. The lowest BCUT2D eigenvalue weighted by Gasteiger charge is -2.19. The normalized spacial score (nSPS) is 11.8. The van der Waals surface area contributed by atoms with Crippen molar-refractivity contribution in [1.29, 1.82) is 0 Å². The lowest BCUT2D eigenvalue weighted by Crippen LogP contribution is -2.13. The second kappa shape index (κ2) is 9.14. The van der Waals surface area contributed by atoms with Crippen molar-refractivity contribution in [3.63, 3.8) is 0 Å². The summed E-state index contributed by atoms with van der Waals surface area (Å²) in [6.07, 6.45) is 3.57. The van der Waals surface area contributed by atoms with Gasteiger partial charge < -0.3 is 4.90 Å². The molecule has 0 N–H and O–H groups in total. The van der Waals surface area contributed by atoms with E-state index < -0.39 is 0 Å². The molecule has 2 nitrogen and oxygen atoms in total. The van der Waals surface area contributed by atoms with Crippen molar-refractivity contribution in [3.05, 3.63) is 70.8 Å². The molecule has 0 aliphatic carbocycles. The third-order valence-corrected chi connectivity index (χ3v) is 4.81. The molecule has 26 heavy (non-hydrogen) atoms. The van der Waals surface area contributed by atoms with Gasteiger partial charge in [-0.1, -0.05) is 69.3 Å². The Hall–Kier alpha value is -1.93. The van der Waals surface area contributed by atoms with Crippen LogP contribution in [0.1, 0.15) is 60.7 Å². The molecule has 2 heteroatoms. The van der Waals surface area contributed by atoms with E-state index in [2.05, 4.69) is 76.2 Å². The van der Waals surface area contributed by atoms with Gasteiger partial charge in [0.05, 0.1) is 0 Å². The highest BCUT2D eigenvalue weighted by atomic mass is 16.1. The molecule has 0 heterocycles. The fourth-order valence-electron chi connectivity index (χ4n) is 3.03. The minimum absolute atomic E-state index is 0.169. The van der Waals surface area contributed by atoms with Gasteiger partial charge in [0, 0.05) is 12.0 Å². The van der Waals surface area contributed by atoms with Crippen LogP contribution in [-0.2, 0) is 18.3 Å². The van der Waals surface area contributed by atoms with Gasteiger partial charge in [-0.2, -0.15) is 0 Å². The zero-order valence-electron chi connectivity index (χ0n) is 17.0. The number of benzene rings is 2. The molecular formula is C24H33NO. The standard InChI is InChI=1S/C24H33NO/c1-24(2,3)22-15-10-20(11-16-22)12-17-23(26)21-13-8-19(9-14-21)7-6-18-25(4)5/h8-11,13-16H,6-7,12,17-18H2,1-5H3. The summed E-state index contributed by atoms with van der Waals surface area (Å²) in [6.45, 7) is 7.75. The van der Waals surface area contributed by atoms with Crippen molar-refractivity contribution >= 4 is 5.78 Å². The Kier molecular flexibility index (Phi) is 7.16. The fraction of sp³-hybridized carbons (Fsp3) is 0.458. The van der Waals surface area contributed by atoms with E-state index in [-0.39, 0.29) is 11.2 Å². The number of hydrogen-bond donors (Lipinski definition) is 0. The second-order valence-corrected chi connectivity index (χ2v) is 8.47. The molecule has 0 aliphatic heterocycles. The number of carbonyl (C=O) groups is 1. The van der Waals surface area contributed by atoms with Gasteiger partial charge in [0.1, 0.15) is 0 Å². The predicted molar refractivity (Wildman–Crippen MR) is 111 cm³/mol. The van der Waals surface area contributed by atoms with Gasteiger partial charge in [-0.05, 0) is 62.0 Å². The first-order valence-electron chi connectivity index (χ1n) is 9.62. The smallest absolute Gasteiger partial charge is 0.163 e. The summed E-state index contributed by atoms with van der Waals surface area (Å²) in [5.41, 5.74) is 4.86. The lowest BCUT2D eigenvalue weighted by atomic mass is 9.86. The van der Waals surface area contributed by atoms with E-state index in [9.17, 15) is 4.79 Å². The lowest BCUT2D eigenvalue weighted by molar-refractivity contribution is 0.0983. The number of hydrogen-bond acceptors (Lipinski definition) is 2. The quantitative estimate of drug-likeness (QED) is 0.602. The molecule has 0 bridgehead atoms. The Morgan fingerprint density at radius 3 is 1.92 bits per heavy atom. The molecule has 0 unspecified atom stereocenters. The van der Waals surface area contributed by atoms with Gasteiger partial charge >= 0.3 is 0 Å². The molecule has 0 saturated heterocycles. The van der Waals surface area contributed by atoms with E-state index in [1.165, 1.54) is 16.7 Å². The number of rotatable bonds is 8. The number of aryl methyl sites for hydroxylation is 2. The van der Waals surface area contributed by atoms with E-state index in [1.807, 2.05) is 12.1 Å². The van der Waals surface area contributed by atoms with Gasteiger partial charge in [0.25, 0.3) is 0 Å². The molecule has 0 radical (unpaired) electrons. The Morgan fingerprint density at radius 2 is 1.38 bits per heavy atom. The zero-order valence-corrected chi connectivity index (χ0v) is 17.0. The van der Waals surface area contributed by atoms with E-state index in [0.717, 1.165) is 31.4 Å². The van der Waals surface area contributed by atoms with Crippen LogP contribution in [0.2, 0.25) is 0 Å². The van der Waals surface area contributed by atoms with Gasteiger partial charge in [-0.3, -0.25) is 4.79 Å². The maximum Gasteiger partial charge on any atom is 0.163 e. The van der Waals surface area contributed by atoms with Gasteiger partial charge in [0.2, 0.25) is 0 Å². The molecule has 2 aromatic carbocycles. The van der Waals surface area contributed by atoms with Crippen molar-refractivity contribution in [2.45, 2.75) is 51.9 Å². The SMILES string of the molecule is CN(C)CCCc1ccc(C(=O)CCc2ccc(C(C)(C)C)cc2)cc1. The van der Waals surface area contributed by atoms with E-state index >= 15 is 0 Å². The molecule has 0 fully saturated rings. The van der Waals surface area contributed by atoms with Crippen molar-refractivity contribution in [3.8, 4) is 0 Å². The van der Waals surface area contributed by atoms with Crippen molar-refractivity contribution in [2.75, 3.05) is 20.6 Å². The Labute approximate surface area is 159 Å². The van der Waals surface area contributed by atoms with Crippen LogP contribution in [-0.4, -0.2) is 31.3 Å². The number of Topliss-reactive ketones (excluding diaryl/α,β-unsaturated/α-hetero) is 1. The van der Waals surface area contributed by atoms with Crippen LogP contribution >= 0.6 is 0 Å². The molecule has 0 aliphatic rings. The molecule has 2 rings (SSSR count). The fourth-order valence-corrected chi connectivity index (χ4v) is 3.03. The van der Waals surface area contributed by atoms with Gasteiger partial charge in [-0.15, -0.1) is 0 Å². The van der Waals surface area contributed by atoms with Crippen LogP contribution in [0.25, 0.3) is 0 Å². The molecule has 140 valence electrons. The number of carbonyl (C=O) groups excluding carboxylic acids is 1. The Morgan fingerprint density at radius 1 is 0.846 bits per heavy atom. The van der Waals surface area contributed by atoms with Gasteiger partial charge in [-0.25, -0.2) is 0 Å². The average molecular weight is 352 g/mol. The number of ketones is 1. The maximum atomic E-state index is 12.5. The third kappa shape index (κ3) is 6.42. The summed E-state index contributed by atoms with van der Waals surface area (Å²) in [6, 6.07) is 16.8. The predicted octanol–water partition coefficient (Wildman–Crippen LogP) is 5.29. The first-order valence-corrected chi connectivity index (χ1v) is 9.62. The maximum absolute atomic E-state index is 12.5. The monoisotopic (exact) mass is 351 g/mol. The first-order chi connectivity index (χ1) is 12.3. The zero-order chi connectivity index (χ0) is 19.2. The average Bonchev–Trinajstić information content (AvgIpc) is 2.59. The molecule has 0 atom stereocenters. The summed E-state index contributed by atoms with van der Waals surface area (Å²) >= 11 is 0. The van der Waals surface area contributed by atoms with Crippen LogP contribution in [0.4, 0.5) is 0 Å². The van der Waals surface area contributed by atoms with Gasteiger partial charge in [0.15, 0.2) is 5.78 Å². The molecule has 0 saturated carbocycles. The van der Waals surface area contributed by atoms with E-state index in [4.69, 9.17) is 0 Å². The van der Waals surface area contributed by atoms with Crippen LogP contribution in [0.3, 0.4) is 0 Å². The van der Waals surface area contributed by atoms with Crippen LogP contribution < -0.4 is 0 Å². The molecule has 0 amide bonds. The van der Waals surface area contributed by atoms with Crippen LogP contribution in [0, 0.1) is 0 Å². The van der Waals surface area contributed by atoms with Crippen molar-refractivity contribution in [2.24, 2.45) is 0 Å². The molecule has 2 aromatic rings. The summed E-state index contributed by atoms with van der Waals surface area (Å²) in [5, 5.41) is 0. The summed E-state index contributed by atoms with van der Waals surface area (Å²) in [4.78, 5) is 14.7. The highest BCUT2D eigenvalue weighted by Gasteiger charge is 2.13. The minimum Gasteiger partial charge on any atom is -0.309 e. The largest absolute Gasteiger partial charge is 0.309 e. The third-order valence-electron chi connectivity index (χ3n) is 4.81. The van der Waals surface area contributed by atoms with Crippen LogP contribution in [0.5, 0.6) is 0 Å². The molecule has 0 aromatic heterocycles. The molecular weight excluding hydrogens is 318 g/mol. The van der Waals surface area contributed by atoms with Crippen LogP contribution in [0.15, 0.2) is 48.5 Å². The Balaban J connectivity index is 1.85. The Bertz CT molecular complexity index is 690. The topological polar surface area (TPSA) is 20.3 Å².